The summed E-state index contributed by atoms with van der Waals surface area (Å²) in [5, 5.41) is 8.94. The highest BCUT2D eigenvalue weighted by Gasteiger charge is 2.39. The highest BCUT2D eigenvalue weighted by atomic mass is 16.4. The molecule has 2 fully saturated rings. The maximum Gasteiger partial charge on any atom is 0.303 e. The number of likely N-dealkylation sites (tertiary alicyclic amines) is 1. The molecule has 2 amide bonds. The van der Waals surface area contributed by atoms with Gasteiger partial charge in [0.2, 0.25) is 11.8 Å². The number of carbonyl (C=O) groups excluding carboxylic acids is 2. The fraction of sp³-hybridized carbons (Fsp3) is 0.550. The van der Waals surface area contributed by atoms with Gasteiger partial charge in [0.25, 0.3) is 0 Å². The van der Waals surface area contributed by atoms with E-state index in [1.165, 1.54) is 0 Å². The van der Waals surface area contributed by atoms with E-state index in [4.69, 9.17) is 5.11 Å². The van der Waals surface area contributed by atoms with Crippen LogP contribution in [0.25, 0.3) is 0 Å². The zero-order valence-electron chi connectivity index (χ0n) is 15.2. The number of anilines is 1. The van der Waals surface area contributed by atoms with Gasteiger partial charge in [-0.05, 0) is 44.7 Å². The lowest BCUT2D eigenvalue weighted by molar-refractivity contribution is -0.142. The largest absolute Gasteiger partial charge is 0.481 e. The molecule has 0 spiro atoms. The molecule has 0 bridgehead atoms. The fourth-order valence-corrected chi connectivity index (χ4v) is 3.96. The molecule has 0 saturated carbocycles. The summed E-state index contributed by atoms with van der Waals surface area (Å²) < 4.78 is 0. The summed E-state index contributed by atoms with van der Waals surface area (Å²) in [7, 11) is 0. The fourth-order valence-electron chi connectivity index (χ4n) is 3.96. The van der Waals surface area contributed by atoms with E-state index >= 15 is 0 Å². The van der Waals surface area contributed by atoms with Gasteiger partial charge < -0.3 is 14.9 Å². The average molecular weight is 358 g/mol. The molecule has 2 aliphatic heterocycles. The molecule has 2 atom stereocenters. The Labute approximate surface area is 153 Å². The molecule has 0 aliphatic carbocycles. The minimum absolute atomic E-state index is 0.00282. The van der Waals surface area contributed by atoms with Crippen molar-refractivity contribution in [2.45, 2.75) is 51.5 Å². The SMILES string of the molecule is Cc1ccc(N2CC(C(=O)N3CCCCC3CCC(=O)O)CC2=O)cc1. The molecule has 0 radical (unpaired) electrons. The van der Waals surface area contributed by atoms with Gasteiger partial charge in [-0.15, -0.1) is 0 Å². The minimum atomic E-state index is -0.829. The van der Waals surface area contributed by atoms with E-state index in [-0.39, 0.29) is 36.6 Å². The van der Waals surface area contributed by atoms with Gasteiger partial charge in [-0.1, -0.05) is 17.7 Å². The molecule has 1 N–H and O–H groups in total. The monoisotopic (exact) mass is 358 g/mol. The third-order valence-electron chi connectivity index (χ3n) is 5.42. The van der Waals surface area contributed by atoms with Crippen LogP contribution >= 0.6 is 0 Å². The van der Waals surface area contributed by atoms with E-state index in [1.54, 1.807) is 4.90 Å². The van der Waals surface area contributed by atoms with Crippen LogP contribution < -0.4 is 4.90 Å². The Hall–Kier alpha value is -2.37. The molecule has 1 aromatic rings. The smallest absolute Gasteiger partial charge is 0.303 e. The number of hydrogen-bond acceptors (Lipinski definition) is 3. The van der Waals surface area contributed by atoms with E-state index in [0.29, 0.717) is 19.5 Å². The second-order valence-corrected chi connectivity index (χ2v) is 7.35. The number of nitrogens with zero attached hydrogens (tertiary/aromatic N) is 2. The minimum Gasteiger partial charge on any atom is -0.481 e. The number of rotatable bonds is 5. The lowest BCUT2D eigenvalue weighted by Crippen LogP contribution is -2.47. The summed E-state index contributed by atoms with van der Waals surface area (Å²) in [5.41, 5.74) is 1.96. The molecular formula is C20H26N2O4. The van der Waals surface area contributed by atoms with E-state index in [9.17, 15) is 14.4 Å². The summed E-state index contributed by atoms with van der Waals surface area (Å²) in [4.78, 5) is 39.9. The van der Waals surface area contributed by atoms with Crippen LogP contribution in [0.15, 0.2) is 24.3 Å². The molecular weight excluding hydrogens is 332 g/mol. The van der Waals surface area contributed by atoms with Gasteiger partial charge in [0.05, 0.1) is 5.92 Å². The lowest BCUT2D eigenvalue weighted by atomic mass is 9.95. The van der Waals surface area contributed by atoms with Gasteiger partial charge in [0, 0.05) is 37.7 Å². The number of benzene rings is 1. The number of piperidine rings is 1. The van der Waals surface area contributed by atoms with Crippen LogP contribution in [0.2, 0.25) is 0 Å². The van der Waals surface area contributed by atoms with E-state index in [2.05, 4.69) is 0 Å². The number of carboxylic acid groups (broad SMARTS) is 1. The highest BCUT2D eigenvalue weighted by molar-refractivity contribution is 6.00. The Balaban J connectivity index is 1.68. The zero-order valence-corrected chi connectivity index (χ0v) is 15.2. The van der Waals surface area contributed by atoms with Crippen LogP contribution in [0.5, 0.6) is 0 Å². The van der Waals surface area contributed by atoms with E-state index < -0.39 is 5.97 Å². The molecule has 26 heavy (non-hydrogen) atoms. The van der Waals surface area contributed by atoms with Crippen molar-refractivity contribution in [3.8, 4) is 0 Å². The van der Waals surface area contributed by atoms with Crippen molar-refractivity contribution in [2.24, 2.45) is 5.92 Å². The Kier molecular flexibility index (Phi) is 5.59. The Bertz CT molecular complexity index is 686. The van der Waals surface area contributed by atoms with Crippen molar-refractivity contribution in [1.82, 2.24) is 4.90 Å². The maximum atomic E-state index is 13.0. The third-order valence-corrected chi connectivity index (χ3v) is 5.42. The van der Waals surface area contributed by atoms with E-state index in [0.717, 1.165) is 30.5 Å². The number of amides is 2. The van der Waals surface area contributed by atoms with Crippen LogP contribution in [0, 0.1) is 12.8 Å². The van der Waals surface area contributed by atoms with Gasteiger partial charge in [-0.25, -0.2) is 0 Å². The topological polar surface area (TPSA) is 77.9 Å². The van der Waals surface area contributed by atoms with Gasteiger partial charge >= 0.3 is 5.97 Å². The number of carbonyl (C=O) groups is 3. The number of aliphatic carboxylic acids is 1. The Morgan fingerprint density at radius 3 is 2.62 bits per heavy atom. The molecule has 2 unspecified atom stereocenters. The summed E-state index contributed by atoms with van der Waals surface area (Å²) in [6.07, 6.45) is 3.61. The van der Waals surface area contributed by atoms with Gasteiger partial charge in [-0.2, -0.15) is 0 Å². The molecule has 2 saturated heterocycles. The molecule has 3 rings (SSSR count). The normalized spacial score (nSPS) is 23.3. The second kappa shape index (κ2) is 7.89. The second-order valence-electron chi connectivity index (χ2n) is 7.35. The lowest BCUT2D eigenvalue weighted by Gasteiger charge is -2.37. The van der Waals surface area contributed by atoms with Gasteiger partial charge in [0.15, 0.2) is 0 Å². The Morgan fingerprint density at radius 2 is 1.92 bits per heavy atom. The summed E-state index contributed by atoms with van der Waals surface area (Å²) in [6.45, 7) is 3.07. The van der Waals surface area contributed by atoms with Crippen molar-refractivity contribution in [3.05, 3.63) is 29.8 Å². The molecule has 2 aliphatic rings. The van der Waals surface area contributed by atoms with Crippen molar-refractivity contribution < 1.29 is 19.5 Å². The van der Waals surface area contributed by atoms with Crippen molar-refractivity contribution >= 4 is 23.5 Å². The first-order chi connectivity index (χ1) is 12.5. The predicted octanol–water partition coefficient (Wildman–Crippen LogP) is 2.59. The third kappa shape index (κ3) is 4.06. The first kappa shape index (κ1) is 18.4. The molecule has 1 aromatic carbocycles. The predicted molar refractivity (Wildman–Crippen MR) is 97.9 cm³/mol. The van der Waals surface area contributed by atoms with Crippen molar-refractivity contribution in [2.75, 3.05) is 18.0 Å². The van der Waals surface area contributed by atoms with Crippen LogP contribution in [-0.4, -0.2) is 46.9 Å². The molecule has 6 nitrogen and oxygen atoms in total. The quantitative estimate of drug-likeness (QED) is 0.878. The van der Waals surface area contributed by atoms with Crippen molar-refractivity contribution in [1.29, 1.82) is 0 Å². The number of aryl methyl sites for hydroxylation is 1. The number of carboxylic acids is 1. The molecule has 2 heterocycles. The number of hydrogen-bond donors (Lipinski definition) is 1. The van der Waals surface area contributed by atoms with Gasteiger partial charge in [0.1, 0.15) is 0 Å². The van der Waals surface area contributed by atoms with Crippen LogP contribution in [0.4, 0.5) is 5.69 Å². The maximum absolute atomic E-state index is 13.0. The standard InChI is InChI=1S/C20H26N2O4/c1-14-5-7-17(8-6-14)22-13-15(12-18(22)23)20(26)21-11-3-2-4-16(21)9-10-19(24)25/h5-8,15-16H,2-4,9-13H2,1H3,(H,24,25). The van der Waals surface area contributed by atoms with E-state index in [1.807, 2.05) is 36.1 Å². The first-order valence-electron chi connectivity index (χ1n) is 9.35. The van der Waals surface area contributed by atoms with Crippen LogP contribution in [0.1, 0.15) is 44.1 Å². The summed E-state index contributed by atoms with van der Waals surface area (Å²) in [5.74, 6) is -1.19. The summed E-state index contributed by atoms with van der Waals surface area (Å²) in [6, 6.07) is 7.73. The average Bonchev–Trinajstić information content (AvgIpc) is 3.02. The Morgan fingerprint density at radius 1 is 1.19 bits per heavy atom. The van der Waals surface area contributed by atoms with Crippen molar-refractivity contribution in [3.63, 3.8) is 0 Å². The molecule has 140 valence electrons. The summed E-state index contributed by atoms with van der Waals surface area (Å²) >= 11 is 0. The zero-order chi connectivity index (χ0) is 18.7. The first-order valence-corrected chi connectivity index (χ1v) is 9.35. The molecule has 6 heteroatoms. The van der Waals surface area contributed by atoms with Crippen LogP contribution in [0.3, 0.4) is 0 Å². The molecule has 0 aromatic heterocycles. The van der Waals surface area contributed by atoms with Gasteiger partial charge in [-0.3, -0.25) is 14.4 Å². The van der Waals surface area contributed by atoms with Crippen LogP contribution in [-0.2, 0) is 14.4 Å². The highest BCUT2D eigenvalue weighted by Crippen LogP contribution is 2.29.